The number of aromatic hydroxyl groups is 1. The summed E-state index contributed by atoms with van der Waals surface area (Å²) >= 11 is 0. The van der Waals surface area contributed by atoms with Gasteiger partial charge in [0.2, 0.25) is 0 Å². The lowest BCUT2D eigenvalue weighted by atomic mass is 9.80. The van der Waals surface area contributed by atoms with Crippen molar-refractivity contribution in [2.45, 2.75) is 64.3 Å². The first-order valence-electron chi connectivity index (χ1n) is 8.77. The quantitative estimate of drug-likeness (QED) is 0.850. The van der Waals surface area contributed by atoms with Crippen LogP contribution in [0.2, 0.25) is 0 Å². The molecular formula is C19H29NO. The van der Waals surface area contributed by atoms with Crippen molar-refractivity contribution in [2.75, 3.05) is 6.54 Å². The van der Waals surface area contributed by atoms with Gasteiger partial charge in [0.05, 0.1) is 0 Å². The smallest absolute Gasteiger partial charge is 0.115 e. The molecule has 1 saturated carbocycles. The summed E-state index contributed by atoms with van der Waals surface area (Å²) in [5.74, 6) is 2.26. The summed E-state index contributed by atoms with van der Waals surface area (Å²) in [6.45, 7) is 3.52. The van der Waals surface area contributed by atoms with E-state index in [4.69, 9.17) is 0 Å². The first-order chi connectivity index (χ1) is 10.2. The monoisotopic (exact) mass is 287 g/mol. The van der Waals surface area contributed by atoms with Crippen molar-refractivity contribution in [3.8, 4) is 5.75 Å². The summed E-state index contributed by atoms with van der Waals surface area (Å²) in [4.78, 5) is 0. The molecule has 0 aromatic heterocycles. The van der Waals surface area contributed by atoms with Gasteiger partial charge in [-0.2, -0.15) is 0 Å². The topological polar surface area (TPSA) is 32.3 Å². The molecule has 2 aliphatic rings. The number of hydrogen-bond donors (Lipinski definition) is 2. The van der Waals surface area contributed by atoms with E-state index < -0.39 is 0 Å². The van der Waals surface area contributed by atoms with Crippen LogP contribution in [0.3, 0.4) is 0 Å². The highest BCUT2D eigenvalue weighted by atomic mass is 16.3. The van der Waals surface area contributed by atoms with Crippen molar-refractivity contribution in [2.24, 2.45) is 11.8 Å². The van der Waals surface area contributed by atoms with Gasteiger partial charge in [-0.1, -0.05) is 32.3 Å². The number of benzene rings is 1. The highest BCUT2D eigenvalue weighted by Gasteiger charge is 2.22. The number of phenols is 1. The highest BCUT2D eigenvalue weighted by molar-refractivity contribution is 5.38. The van der Waals surface area contributed by atoms with E-state index in [-0.39, 0.29) is 0 Å². The van der Waals surface area contributed by atoms with Crippen molar-refractivity contribution >= 4 is 0 Å². The van der Waals surface area contributed by atoms with Crippen LogP contribution >= 0.6 is 0 Å². The second-order valence-corrected chi connectivity index (χ2v) is 7.21. The molecule has 0 aliphatic heterocycles. The van der Waals surface area contributed by atoms with E-state index in [1.165, 1.54) is 56.1 Å². The zero-order valence-corrected chi connectivity index (χ0v) is 13.3. The number of aryl methyl sites for hydroxylation is 1. The summed E-state index contributed by atoms with van der Waals surface area (Å²) in [7, 11) is 0. The van der Waals surface area contributed by atoms with Gasteiger partial charge in [-0.3, -0.25) is 0 Å². The molecule has 0 radical (unpaired) electrons. The largest absolute Gasteiger partial charge is 0.508 e. The average molecular weight is 287 g/mol. The van der Waals surface area contributed by atoms with Gasteiger partial charge < -0.3 is 10.4 Å². The van der Waals surface area contributed by atoms with E-state index >= 15 is 0 Å². The standard InChI is InChI=1S/C19H29NO/c1-14-4-2-5-15(12-14)10-11-20-19-7-3-6-16-8-9-17(21)13-18(16)19/h8-9,13-15,19-21H,2-7,10-12H2,1H3. The molecule has 2 heteroatoms. The Morgan fingerprint density at radius 2 is 2.10 bits per heavy atom. The molecule has 1 fully saturated rings. The minimum atomic E-state index is 0.406. The van der Waals surface area contributed by atoms with Gasteiger partial charge in [0.25, 0.3) is 0 Å². The van der Waals surface area contributed by atoms with E-state index in [1.807, 2.05) is 12.1 Å². The van der Waals surface area contributed by atoms with Crippen LogP contribution in [0.15, 0.2) is 18.2 Å². The molecule has 1 aromatic carbocycles. The Bertz CT molecular complexity index is 471. The SMILES string of the molecule is CC1CCCC(CCNC2CCCc3ccc(O)cc32)C1. The lowest BCUT2D eigenvalue weighted by molar-refractivity contribution is 0.263. The molecule has 3 unspecified atom stereocenters. The van der Waals surface area contributed by atoms with E-state index in [2.05, 4.69) is 18.3 Å². The maximum Gasteiger partial charge on any atom is 0.115 e. The minimum Gasteiger partial charge on any atom is -0.508 e. The van der Waals surface area contributed by atoms with Gasteiger partial charge in [-0.25, -0.2) is 0 Å². The zero-order chi connectivity index (χ0) is 14.7. The zero-order valence-electron chi connectivity index (χ0n) is 13.3. The van der Waals surface area contributed by atoms with E-state index in [0.717, 1.165) is 24.8 Å². The lowest BCUT2D eigenvalue weighted by Gasteiger charge is -2.29. The Morgan fingerprint density at radius 1 is 1.19 bits per heavy atom. The first-order valence-corrected chi connectivity index (χ1v) is 8.77. The van der Waals surface area contributed by atoms with E-state index in [0.29, 0.717) is 11.8 Å². The van der Waals surface area contributed by atoms with Gasteiger partial charge in [-0.15, -0.1) is 0 Å². The Balaban J connectivity index is 1.53. The molecule has 0 saturated heterocycles. The molecule has 3 rings (SSSR count). The van der Waals surface area contributed by atoms with Crippen LogP contribution in [0, 0.1) is 11.8 Å². The normalized spacial score (nSPS) is 29.1. The molecule has 21 heavy (non-hydrogen) atoms. The van der Waals surface area contributed by atoms with E-state index in [9.17, 15) is 5.11 Å². The van der Waals surface area contributed by atoms with Gasteiger partial charge >= 0.3 is 0 Å². The second-order valence-electron chi connectivity index (χ2n) is 7.21. The molecule has 0 amide bonds. The summed E-state index contributed by atoms with van der Waals surface area (Å²) < 4.78 is 0. The summed E-state index contributed by atoms with van der Waals surface area (Å²) in [6.07, 6.45) is 10.6. The Morgan fingerprint density at radius 3 is 2.95 bits per heavy atom. The summed E-state index contributed by atoms with van der Waals surface area (Å²) in [5, 5.41) is 13.5. The summed E-state index contributed by atoms with van der Waals surface area (Å²) in [6, 6.07) is 6.34. The third kappa shape index (κ3) is 3.79. The third-order valence-corrected chi connectivity index (χ3v) is 5.43. The molecular weight excluding hydrogens is 258 g/mol. The molecule has 116 valence electrons. The second kappa shape index (κ2) is 6.83. The van der Waals surface area contributed by atoms with Crippen LogP contribution in [0.1, 0.15) is 69.0 Å². The van der Waals surface area contributed by atoms with Gasteiger partial charge in [0.1, 0.15) is 5.75 Å². The average Bonchev–Trinajstić information content (AvgIpc) is 2.48. The van der Waals surface area contributed by atoms with E-state index in [1.54, 1.807) is 0 Å². The Kier molecular flexibility index (Phi) is 4.84. The van der Waals surface area contributed by atoms with Crippen molar-refractivity contribution in [3.63, 3.8) is 0 Å². The number of rotatable bonds is 4. The fourth-order valence-electron chi connectivity index (χ4n) is 4.28. The Hall–Kier alpha value is -1.02. The van der Waals surface area contributed by atoms with Crippen LogP contribution in [0.4, 0.5) is 0 Å². The molecule has 2 aliphatic carbocycles. The summed E-state index contributed by atoms with van der Waals surface area (Å²) in [5.41, 5.74) is 2.75. The van der Waals surface area contributed by atoms with Crippen LogP contribution in [-0.2, 0) is 6.42 Å². The van der Waals surface area contributed by atoms with Gasteiger partial charge in [0, 0.05) is 6.04 Å². The predicted molar refractivity (Wildman–Crippen MR) is 87.5 cm³/mol. The molecule has 1 aromatic rings. The molecule has 3 atom stereocenters. The molecule has 0 heterocycles. The number of hydrogen-bond acceptors (Lipinski definition) is 2. The van der Waals surface area contributed by atoms with Crippen LogP contribution in [-0.4, -0.2) is 11.7 Å². The van der Waals surface area contributed by atoms with Crippen LogP contribution in [0.5, 0.6) is 5.75 Å². The lowest BCUT2D eigenvalue weighted by Crippen LogP contribution is -2.28. The minimum absolute atomic E-state index is 0.406. The molecule has 2 N–H and O–H groups in total. The Labute approximate surface area is 129 Å². The fourth-order valence-corrected chi connectivity index (χ4v) is 4.28. The van der Waals surface area contributed by atoms with Gasteiger partial charge in [-0.05, 0) is 73.7 Å². The third-order valence-electron chi connectivity index (χ3n) is 5.43. The van der Waals surface area contributed by atoms with Crippen molar-refractivity contribution in [1.29, 1.82) is 0 Å². The number of nitrogens with one attached hydrogen (secondary N) is 1. The molecule has 0 bridgehead atoms. The molecule has 2 nitrogen and oxygen atoms in total. The maximum atomic E-state index is 9.74. The van der Waals surface area contributed by atoms with Crippen molar-refractivity contribution < 1.29 is 5.11 Å². The number of phenolic OH excluding ortho intramolecular Hbond substituents is 1. The maximum absolute atomic E-state index is 9.74. The van der Waals surface area contributed by atoms with Crippen LogP contribution < -0.4 is 5.32 Å². The number of fused-ring (bicyclic) bond motifs is 1. The fraction of sp³-hybridized carbons (Fsp3) is 0.684. The van der Waals surface area contributed by atoms with Gasteiger partial charge in [0.15, 0.2) is 0 Å². The first kappa shape index (κ1) is 14.9. The highest BCUT2D eigenvalue weighted by Crippen LogP contribution is 2.33. The van der Waals surface area contributed by atoms with Crippen LogP contribution in [0.25, 0.3) is 0 Å². The van der Waals surface area contributed by atoms with Crippen molar-refractivity contribution in [1.82, 2.24) is 5.32 Å². The van der Waals surface area contributed by atoms with Crippen molar-refractivity contribution in [3.05, 3.63) is 29.3 Å². The predicted octanol–water partition coefficient (Wildman–Crippen LogP) is 4.58. The molecule has 0 spiro atoms.